The van der Waals surface area contributed by atoms with Crippen molar-refractivity contribution in [3.8, 4) is 0 Å². The molecule has 1 N–H and O–H groups in total. The van der Waals surface area contributed by atoms with Gasteiger partial charge >= 0.3 is 23.9 Å². The van der Waals surface area contributed by atoms with Crippen LogP contribution in [0.5, 0.6) is 0 Å². The average molecular weight is 1010 g/mol. The topological polar surface area (TPSA) is 215 Å². The summed E-state index contributed by atoms with van der Waals surface area (Å²) < 4.78 is 56.1. The molecule has 0 aromatic heterocycles. The second-order valence-electron chi connectivity index (χ2n) is 19.9. The van der Waals surface area contributed by atoms with Gasteiger partial charge in [0.25, 0.3) is 0 Å². The number of ether oxygens (including phenoxy) is 9. The number of benzene rings is 1. The lowest BCUT2D eigenvalue weighted by Gasteiger charge is -2.51. The van der Waals surface area contributed by atoms with E-state index in [1.54, 1.807) is 65.6 Å². The van der Waals surface area contributed by atoms with Crippen LogP contribution in [0.25, 0.3) is 0 Å². The molecule has 0 spiro atoms. The maximum Gasteiger partial charge on any atom is 0.306 e. The lowest BCUT2D eigenvalue weighted by atomic mass is 9.82. The molecule has 0 saturated carbocycles. The van der Waals surface area contributed by atoms with Gasteiger partial charge < -0.3 is 62.3 Å². The number of hydrogen-bond acceptors (Lipinski definition) is 18. The van der Waals surface area contributed by atoms with Crippen LogP contribution in [0.1, 0.15) is 112 Å². The molecule has 4 rings (SSSR count). The van der Waals surface area contributed by atoms with Crippen LogP contribution in [0.3, 0.4) is 0 Å². The Balaban J connectivity index is 1.71. The van der Waals surface area contributed by atoms with Crippen LogP contribution >= 0.6 is 0 Å². The number of unbranched alkanes of at least 4 members (excludes halogenated alkanes) is 1. The van der Waals surface area contributed by atoms with Crippen molar-refractivity contribution in [2.45, 2.75) is 192 Å². The molecule has 19 nitrogen and oxygen atoms in total. The Labute approximate surface area is 420 Å². The maximum absolute atomic E-state index is 14.2. The SMILES string of the molecule is CCC(=O)O[C@@H]1CC(=O)N(C)CCN(CCCCc2ccccc2)C[C@H](OC(C)=O)[C@H](C)C[C@H](CC=O)[C@H](O[C@@H]2OC(C)[C@H](O[C@H]3CC(C)(OC(C)=O)[C@@H](OC(=O)CC)C(C)O3)C(N(C)C)C2O)[C@H]1OC. The molecule has 0 aliphatic carbocycles. The summed E-state index contributed by atoms with van der Waals surface area (Å²) in [4.78, 5) is 83.2. The van der Waals surface area contributed by atoms with Crippen molar-refractivity contribution in [2.24, 2.45) is 11.8 Å². The quantitative estimate of drug-likeness (QED) is 0.0887. The number of esters is 4. The van der Waals surface area contributed by atoms with Crippen molar-refractivity contribution in [1.82, 2.24) is 14.7 Å². The molecule has 19 heteroatoms. The van der Waals surface area contributed by atoms with E-state index < -0.39 is 109 Å². The van der Waals surface area contributed by atoms with Crippen LogP contribution in [-0.2, 0) is 77.8 Å². The summed E-state index contributed by atoms with van der Waals surface area (Å²) in [5, 5.41) is 12.4. The monoisotopic (exact) mass is 1010 g/mol. The Hall–Kier alpha value is -4.08. The lowest BCUT2D eigenvalue weighted by Crippen LogP contribution is -2.66. The summed E-state index contributed by atoms with van der Waals surface area (Å²) in [7, 11) is 6.60. The Morgan fingerprint density at radius 1 is 0.873 bits per heavy atom. The third kappa shape index (κ3) is 17.3. The van der Waals surface area contributed by atoms with Crippen molar-refractivity contribution in [3.05, 3.63) is 35.9 Å². The summed E-state index contributed by atoms with van der Waals surface area (Å²) in [6, 6.07) is 9.41. The van der Waals surface area contributed by atoms with Gasteiger partial charge in [0.05, 0.1) is 30.8 Å². The normalized spacial score (nSPS) is 33.7. The highest BCUT2D eigenvalue weighted by atomic mass is 16.7. The molecular weight excluding hydrogens is 923 g/mol. The fraction of sp³-hybridized carbons (Fsp3) is 0.769. The van der Waals surface area contributed by atoms with Crippen molar-refractivity contribution < 1.29 is 76.5 Å². The summed E-state index contributed by atoms with van der Waals surface area (Å²) >= 11 is 0. The molecule has 1 aromatic carbocycles. The van der Waals surface area contributed by atoms with E-state index in [1.165, 1.54) is 26.5 Å². The first kappa shape index (κ1) is 59.5. The minimum atomic E-state index is -1.43. The zero-order valence-electron chi connectivity index (χ0n) is 44.2. The second-order valence-corrected chi connectivity index (χ2v) is 19.9. The number of rotatable bonds is 19. The fourth-order valence-corrected chi connectivity index (χ4v) is 10.2. The highest BCUT2D eigenvalue weighted by Gasteiger charge is 2.54. The Bertz CT molecular complexity index is 1860. The average Bonchev–Trinajstić information content (AvgIpc) is 3.30. The number of aldehydes is 1. The molecule has 0 bridgehead atoms. The van der Waals surface area contributed by atoms with Gasteiger partial charge in [-0.2, -0.15) is 0 Å². The molecule has 1 aromatic rings. The first-order valence-electron chi connectivity index (χ1n) is 25.3. The molecule has 0 radical (unpaired) electrons. The van der Waals surface area contributed by atoms with E-state index in [2.05, 4.69) is 17.0 Å². The number of aliphatic hydroxyl groups excluding tert-OH is 1. The molecule has 3 aliphatic heterocycles. The van der Waals surface area contributed by atoms with Crippen LogP contribution in [-0.4, -0.2) is 189 Å². The van der Waals surface area contributed by atoms with Gasteiger partial charge in [-0.3, -0.25) is 28.9 Å². The smallest absolute Gasteiger partial charge is 0.306 e. The number of likely N-dealkylation sites (N-methyl/N-ethyl adjacent to an activating group) is 2. The van der Waals surface area contributed by atoms with Crippen molar-refractivity contribution in [3.63, 3.8) is 0 Å². The Morgan fingerprint density at radius 2 is 1.55 bits per heavy atom. The number of methoxy groups -OCH3 is 1. The van der Waals surface area contributed by atoms with Gasteiger partial charge in [0.1, 0.15) is 36.8 Å². The van der Waals surface area contributed by atoms with Gasteiger partial charge in [0, 0.05) is 73.3 Å². The van der Waals surface area contributed by atoms with E-state index >= 15 is 0 Å². The third-order valence-corrected chi connectivity index (χ3v) is 13.9. The van der Waals surface area contributed by atoms with E-state index in [-0.39, 0.29) is 50.4 Å². The zero-order chi connectivity index (χ0) is 52.6. The van der Waals surface area contributed by atoms with Crippen LogP contribution in [0.15, 0.2) is 30.3 Å². The molecule has 5 unspecified atom stereocenters. The van der Waals surface area contributed by atoms with E-state index in [0.29, 0.717) is 26.2 Å². The molecule has 3 aliphatic rings. The number of hydrogen-bond donors (Lipinski definition) is 1. The lowest BCUT2D eigenvalue weighted by molar-refractivity contribution is -0.344. The molecule has 3 fully saturated rings. The van der Waals surface area contributed by atoms with Crippen LogP contribution in [0.4, 0.5) is 0 Å². The summed E-state index contributed by atoms with van der Waals surface area (Å²) in [5.41, 5.74) is -0.0899. The van der Waals surface area contributed by atoms with Gasteiger partial charge in [-0.05, 0) is 84.5 Å². The first-order valence-corrected chi connectivity index (χ1v) is 25.3. The number of carbonyl (C=O) groups is 6. The minimum Gasteiger partial charge on any atom is -0.461 e. The van der Waals surface area contributed by atoms with Gasteiger partial charge in [0.15, 0.2) is 24.3 Å². The molecular formula is C52H83N3O16. The minimum absolute atomic E-state index is 0.00249. The standard InChI is InChI=1S/C52H83N3O16/c1-13-42(60)67-39-29-41(59)54(11)25-26-55(24-19-18-22-37-20-16-15-17-21-37)31-40(66-35(6)57)32(3)28-38(23-27-56)48(49(39)63-12)70-51-46(62)45(53(9)10)47(33(4)65-51)69-44-30-52(8,71-36(7)58)50(34(5)64-44)68-43(61)14-2/h15-17,20-21,27,32-34,38-40,44-51,62H,13-14,18-19,22-26,28-31H2,1-12H3/t32-,33?,34?,38+,39-,40+,44+,45?,46?,47+,48+,49+,50+,51+,52?/m1/s1. The maximum atomic E-state index is 14.2. The van der Waals surface area contributed by atoms with Crippen LogP contribution in [0, 0.1) is 11.8 Å². The van der Waals surface area contributed by atoms with Gasteiger partial charge in [-0.25, -0.2) is 0 Å². The predicted octanol–water partition coefficient (Wildman–Crippen LogP) is 4.26. The molecule has 71 heavy (non-hydrogen) atoms. The Morgan fingerprint density at radius 3 is 2.15 bits per heavy atom. The summed E-state index contributed by atoms with van der Waals surface area (Å²) in [6.07, 6.45) is -7.97. The van der Waals surface area contributed by atoms with Crippen LogP contribution in [0.2, 0.25) is 0 Å². The highest BCUT2D eigenvalue weighted by Crippen LogP contribution is 2.39. The predicted molar refractivity (Wildman–Crippen MR) is 259 cm³/mol. The number of aryl methyl sites for hydroxylation is 1. The summed E-state index contributed by atoms with van der Waals surface area (Å²) in [5.74, 6) is -3.53. The number of aliphatic hydroxyl groups is 1. The van der Waals surface area contributed by atoms with E-state index in [4.69, 9.17) is 42.6 Å². The van der Waals surface area contributed by atoms with Gasteiger partial charge in [-0.15, -0.1) is 0 Å². The number of carbonyl (C=O) groups excluding carboxylic acids is 6. The molecule has 1 amide bonds. The van der Waals surface area contributed by atoms with E-state index in [1.807, 2.05) is 25.1 Å². The molecule has 15 atom stereocenters. The highest BCUT2D eigenvalue weighted by molar-refractivity contribution is 5.77. The van der Waals surface area contributed by atoms with Crippen molar-refractivity contribution >= 4 is 36.1 Å². The van der Waals surface area contributed by atoms with Crippen LogP contribution < -0.4 is 0 Å². The number of nitrogens with zero attached hydrogens (tertiary/aromatic N) is 3. The first-order chi connectivity index (χ1) is 33.6. The summed E-state index contributed by atoms with van der Waals surface area (Å²) in [6.45, 7) is 14.8. The second kappa shape index (κ2) is 28.4. The molecule has 3 saturated heterocycles. The zero-order valence-corrected chi connectivity index (χ0v) is 44.2. The van der Waals surface area contributed by atoms with Gasteiger partial charge in [0.2, 0.25) is 5.91 Å². The van der Waals surface area contributed by atoms with Gasteiger partial charge in [-0.1, -0.05) is 51.1 Å². The fourth-order valence-electron chi connectivity index (χ4n) is 10.2. The Kier molecular flexibility index (Phi) is 23.8. The molecule has 3 heterocycles. The third-order valence-electron chi connectivity index (χ3n) is 13.9. The van der Waals surface area contributed by atoms with Crippen molar-refractivity contribution in [2.75, 3.05) is 54.4 Å². The number of amides is 1. The molecule has 402 valence electrons. The van der Waals surface area contributed by atoms with E-state index in [0.717, 1.165) is 25.5 Å². The largest absolute Gasteiger partial charge is 0.461 e. The van der Waals surface area contributed by atoms with Crippen molar-refractivity contribution in [1.29, 1.82) is 0 Å². The van der Waals surface area contributed by atoms with E-state index in [9.17, 15) is 33.9 Å².